The summed E-state index contributed by atoms with van der Waals surface area (Å²) in [6.07, 6.45) is 3.87. The van der Waals surface area contributed by atoms with E-state index >= 15 is 0 Å². The van der Waals surface area contributed by atoms with Gasteiger partial charge in [0.15, 0.2) is 0 Å². The normalized spacial score (nSPS) is 26.2. The largest absolute Gasteiger partial charge is 0.345 e. The minimum absolute atomic E-state index is 0.000887. The lowest BCUT2D eigenvalue weighted by atomic mass is 10.0. The molecule has 1 N–H and O–H groups in total. The summed E-state index contributed by atoms with van der Waals surface area (Å²) in [6, 6.07) is 3.89. The summed E-state index contributed by atoms with van der Waals surface area (Å²) in [7, 11) is 1.76. The lowest BCUT2D eigenvalue weighted by molar-refractivity contribution is -0.139. The number of amides is 2. The zero-order valence-electron chi connectivity index (χ0n) is 12.2. The van der Waals surface area contributed by atoms with Gasteiger partial charge in [0.05, 0.1) is 12.0 Å². The first-order chi connectivity index (χ1) is 10.2. The summed E-state index contributed by atoms with van der Waals surface area (Å²) in [6.45, 7) is 2.72. The number of piperazine rings is 1. The minimum Gasteiger partial charge on any atom is -0.345 e. The van der Waals surface area contributed by atoms with E-state index in [2.05, 4.69) is 10.3 Å². The number of rotatable bonds is 2. The molecule has 0 bridgehead atoms. The highest BCUT2D eigenvalue weighted by molar-refractivity contribution is 5.89. The topological polar surface area (TPSA) is 65.5 Å². The van der Waals surface area contributed by atoms with Crippen LogP contribution >= 0.6 is 0 Å². The van der Waals surface area contributed by atoms with Gasteiger partial charge in [-0.15, -0.1) is 0 Å². The van der Waals surface area contributed by atoms with Crippen molar-refractivity contribution in [3.05, 3.63) is 30.1 Å². The molecule has 2 aliphatic heterocycles. The second kappa shape index (κ2) is 5.81. The van der Waals surface area contributed by atoms with Gasteiger partial charge in [-0.3, -0.25) is 14.6 Å². The molecule has 3 rings (SSSR count). The van der Waals surface area contributed by atoms with Gasteiger partial charge < -0.3 is 15.1 Å². The van der Waals surface area contributed by atoms with E-state index < -0.39 is 0 Å². The molecule has 3 heterocycles. The van der Waals surface area contributed by atoms with Crippen molar-refractivity contribution in [1.82, 2.24) is 20.1 Å². The first-order valence-electron chi connectivity index (χ1n) is 7.32. The molecule has 0 aromatic carbocycles. The van der Waals surface area contributed by atoms with Gasteiger partial charge >= 0.3 is 0 Å². The second-order valence-electron chi connectivity index (χ2n) is 5.71. The predicted molar refractivity (Wildman–Crippen MR) is 77.3 cm³/mol. The van der Waals surface area contributed by atoms with Crippen molar-refractivity contribution in [1.29, 1.82) is 0 Å². The van der Waals surface area contributed by atoms with Gasteiger partial charge in [0, 0.05) is 52.0 Å². The van der Waals surface area contributed by atoms with Crippen LogP contribution < -0.4 is 5.32 Å². The molecule has 2 saturated heterocycles. The zero-order chi connectivity index (χ0) is 14.8. The van der Waals surface area contributed by atoms with Crippen LogP contribution in [-0.4, -0.2) is 59.8 Å². The number of nitrogens with zero attached hydrogens (tertiary/aromatic N) is 3. The smallest absolute Gasteiger partial charge is 0.228 e. The number of aromatic nitrogens is 1. The molecule has 21 heavy (non-hydrogen) atoms. The molecule has 0 spiro atoms. The third kappa shape index (κ3) is 2.76. The quantitative estimate of drug-likeness (QED) is 0.834. The van der Waals surface area contributed by atoms with Crippen molar-refractivity contribution >= 4 is 11.8 Å². The van der Waals surface area contributed by atoms with E-state index in [1.54, 1.807) is 18.1 Å². The van der Waals surface area contributed by atoms with Crippen LogP contribution in [0.3, 0.4) is 0 Å². The van der Waals surface area contributed by atoms with Crippen LogP contribution in [0.15, 0.2) is 24.5 Å². The first kappa shape index (κ1) is 14.0. The Labute approximate surface area is 124 Å². The van der Waals surface area contributed by atoms with E-state index in [0.717, 1.165) is 18.7 Å². The highest BCUT2D eigenvalue weighted by Gasteiger charge is 2.38. The van der Waals surface area contributed by atoms with Crippen molar-refractivity contribution in [3.63, 3.8) is 0 Å². The van der Waals surface area contributed by atoms with E-state index in [1.807, 2.05) is 23.2 Å². The third-order valence-electron chi connectivity index (χ3n) is 4.29. The van der Waals surface area contributed by atoms with E-state index in [1.165, 1.54) is 0 Å². The van der Waals surface area contributed by atoms with Crippen molar-refractivity contribution in [2.45, 2.75) is 12.5 Å². The number of carbonyl (C=O) groups is 2. The Hall–Kier alpha value is -1.95. The molecule has 0 radical (unpaired) electrons. The van der Waals surface area contributed by atoms with Gasteiger partial charge in [-0.2, -0.15) is 0 Å². The fourth-order valence-corrected chi connectivity index (χ4v) is 3.10. The van der Waals surface area contributed by atoms with Crippen LogP contribution in [0, 0.1) is 5.92 Å². The SMILES string of the molecule is CN1CC(C(=O)N2CCNCC2c2cccnc2)CC1=O. The molecule has 2 fully saturated rings. The highest BCUT2D eigenvalue weighted by atomic mass is 16.2. The monoisotopic (exact) mass is 288 g/mol. The maximum Gasteiger partial charge on any atom is 0.228 e. The number of carbonyl (C=O) groups excluding carboxylic acids is 2. The van der Waals surface area contributed by atoms with Crippen LogP contribution in [0.25, 0.3) is 0 Å². The Morgan fingerprint density at radius 1 is 1.48 bits per heavy atom. The van der Waals surface area contributed by atoms with Gasteiger partial charge in [0.25, 0.3) is 0 Å². The number of nitrogens with one attached hydrogen (secondary N) is 1. The fourth-order valence-electron chi connectivity index (χ4n) is 3.10. The summed E-state index contributed by atoms with van der Waals surface area (Å²) in [5.41, 5.74) is 1.04. The predicted octanol–water partition coefficient (Wildman–Crippen LogP) is 0.0328. The molecule has 0 saturated carbocycles. The Morgan fingerprint density at radius 3 is 3.00 bits per heavy atom. The van der Waals surface area contributed by atoms with Crippen molar-refractivity contribution in [2.75, 3.05) is 33.2 Å². The molecule has 2 unspecified atom stereocenters. The molecule has 6 nitrogen and oxygen atoms in total. The molecule has 1 aromatic rings. The maximum absolute atomic E-state index is 12.8. The minimum atomic E-state index is -0.209. The van der Waals surface area contributed by atoms with E-state index in [9.17, 15) is 9.59 Å². The lowest BCUT2D eigenvalue weighted by Crippen LogP contribution is -2.50. The molecular weight excluding hydrogens is 268 g/mol. The maximum atomic E-state index is 12.8. The van der Waals surface area contributed by atoms with Crippen molar-refractivity contribution < 1.29 is 9.59 Å². The van der Waals surface area contributed by atoms with Crippen molar-refractivity contribution in [2.24, 2.45) is 5.92 Å². The molecule has 2 aliphatic rings. The number of pyridine rings is 1. The molecule has 112 valence electrons. The average molecular weight is 288 g/mol. The Balaban J connectivity index is 1.78. The molecule has 1 aromatic heterocycles. The van der Waals surface area contributed by atoms with Crippen molar-refractivity contribution in [3.8, 4) is 0 Å². The van der Waals surface area contributed by atoms with Crippen LogP contribution in [0.4, 0.5) is 0 Å². The van der Waals surface area contributed by atoms with Gasteiger partial charge in [0.2, 0.25) is 11.8 Å². The highest BCUT2D eigenvalue weighted by Crippen LogP contribution is 2.26. The van der Waals surface area contributed by atoms with E-state index in [4.69, 9.17) is 0 Å². The molecule has 2 atom stereocenters. The van der Waals surface area contributed by atoms with Gasteiger partial charge in [-0.1, -0.05) is 6.07 Å². The fraction of sp³-hybridized carbons (Fsp3) is 0.533. The second-order valence-corrected chi connectivity index (χ2v) is 5.71. The Bertz CT molecular complexity index is 534. The van der Waals surface area contributed by atoms with Crippen LogP contribution in [0.5, 0.6) is 0 Å². The summed E-state index contributed by atoms with van der Waals surface area (Å²) >= 11 is 0. The number of hydrogen-bond donors (Lipinski definition) is 1. The first-order valence-corrected chi connectivity index (χ1v) is 7.32. The zero-order valence-corrected chi connectivity index (χ0v) is 12.2. The number of hydrogen-bond acceptors (Lipinski definition) is 4. The Kier molecular flexibility index (Phi) is 3.88. The van der Waals surface area contributed by atoms with Crippen LogP contribution in [0.1, 0.15) is 18.0 Å². The molecule has 0 aliphatic carbocycles. The molecular formula is C15H20N4O2. The summed E-state index contributed by atoms with van der Waals surface area (Å²) in [5.74, 6) is -0.0655. The summed E-state index contributed by atoms with van der Waals surface area (Å²) in [4.78, 5) is 32.1. The molecule has 6 heteroatoms. The average Bonchev–Trinajstić information content (AvgIpc) is 2.87. The van der Waals surface area contributed by atoms with Gasteiger partial charge in [-0.05, 0) is 11.6 Å². The van der Waals surface area contributed by atoms with E-state index in [0.29, 0.717) is 19.5 Å². The van der Waals surface area contributed by atoms with Crippen LogP contribution in [0.2, 0.25) is 0 Å². The Morgan fingerprint density at radius 2 is 2.33 bits per heavy atom. The van der Waals surface area contributed by atoms with Crippen LogP contribution in [-0.2, 0) is 9.59 Å². The van der Waals surface area contributed by atoms with Gasteiger partial charge in [0.1, 0.15) is 0 Å². The lowest BCUT2D eigenvalue weighted by Gasteiger charge is -2.37. The standard InChI is InChI=1S/C15H20N4O2/c1-18-10-12(7-14(18)20)15(21)19-6-5-17-9-13(19)11-3-2-4-16-8-11/h2-4,8,12-13,17H,5-7,9-10H2,1H3. The summed E-state index contributed by atoms with van der Waals surface area (Å²) in [5, 5.41) is 3.33. The van der Waals surface area contributed by atoms with Gasteiger partial charge in [-0.25, -0.2) is 0 Å². The summed E-state index contributed by atoms with van der Waals surface area (Å²) < 4.78 is 0. The third-order valence-corrected chi connectivity index (χ3v) is 4.29. The van der Waals surface area contributed by atoms with E-state index in [-0.39, 0.29) is 23.8 Å². The number of likely N-dealkylation sites (tertiary alicyclic amines) is 1. The molecule has 2 amide bonds.